The van der Waals surface area contributed by atoms with Crippen LogP contribution in [0.3, 0.4) is 0 Å². The minimum Gasteiger partial charge on any atom is -0.469 e. The van der Waals surface area contributed by atoms with E-state index in [2.05, 4.69) is 60.5 Å². The van der Waals surface area contributed by atoms with E-state index < -0.39 is 0 Å². The molecule has 6 nitrogen and oxygen atoms in total. The zero-order valence-electron chi connectivity index (χ0n) is 19.2. The molecule has 0 amide bonds. The summed E-state index contributed by atoms with van der Waals surface area (Å²) in [4.78, 5) is 16.1. The number of hydrogen-bond acceptors (Lipinski definition) is 6. The van der Waals surface area contributed by atoms with Crippen LogP contribution in [0.15, 0.2) is 53.1 Å². The monoisotopic (exact) mass is 433 g/mol. The SMILES string of the molecule is COC(=O)C1CC(N[C@H](C)c2ccc(-c3noc(-c4ccc(CC(C)C)cc4)n3)cc2)C1. The van der Waals surface area contributed by atoms with Crippen molar-refractivity contribution < 1.29 is 14.1 Å². The van der Waals surface area contributed by atoms with Gasteiger partial charge in [-0.15, -0.1) is 0 Å². The van der Waals surface area contributed by atoms with Gasteiger partial charge in [-0.25, -0.2) is 0 Å². The van der Waals surface area contributed by atoms with E-state index in [1.54, 1.807) is 0 Å². The third-order valence-corrected chi connectivity index (χ3v) is 6.10. The second kappa shape index (κ2) is 9.65. The lowest BCUT2D eigenvalue weighted by Crippen LogP contribution is -2.45. The number of carbonyl (C=O) groups is 1. The maximum absolute atomic E-state index is 11.5. The van der Waals surface area contributed by atoms with E-state index in [9.17, 15) is 4.79 Å². The van der Waals surface area contributed by atoms with Gasteiger partial charge in [0.1, 0.15) is 0 Å². The van der Waals surface area contributed by atoms with Crippen LogP contribution < -0.4 is 5.32 Å². The Kier molecular flexibility index (Phi) is 6.70. The standard InChI is InChI=1S/C26H31N3O3/c1-16(2)13-18-5-7-21(8-6-18)25-28-24(29-32-25)20-11-9-19(10-12-20)17(3)27-23-14-22(15-23)26(30)31-4/h5-12,16-17,22-23,27H,13-15H2,1-4H3/t17-,22?,23?/m1/s1. The first-order chi connectivity index (χ1) is 15.4. The van der Waals surface area contributed by atoms with Gasteiger partial charge in [-0.3, -0.25) is 4.79 Å². The van der Waals surface area contributed by atoms with E-state index in [0.717, 1.165) is 30.4 Å². The molecule has 1 heterocycles. The van der Waals surface area contributed by atoms with Crippen molar-refractivity contribution >= 4 is 5.97 Å². The first-order valence-electron chi connectivity index (χ1n) is 11.3. The number of benzene rings is 2. The van der Waals surface area contributed by atoms with Gasteiger partial charge in [0, 0.05) is 23.2 Å². The van der Waals surface area contributed by atoms with Crippen molar-refractivity contribution in [2.75, 3.05) is 7.11 Å². The molecule has 1 fully saturated rings. The molecule has 6 heteroatoms. The van der Waals surface area contributed by atoms with E-state index in [4.69, 9.17) is 9.26 Å². The molecule has 1 aliphatic carbocycles. The molecule has 0 radical (unpaired) electrons. The van der Waals surface area contributed by atoms with Gasteiger partial charge in [-0.05, 0) is 55.4 Å². The molecule has 1 aromatic heterocycles. The Morgan fingerprint density at radius 2 is 1.72 bits per heavy atom. The van der Waals surface area contributed by atoms with Crippen LogP contribution in [0.5, 0.6) is 0 Å². The van der Waals surface area contributed by atoms with Gasteiger partial charge in [-0.2, -0.15) is 4.98 Å². The summed E-state index contributed by atoms with van der Waals surface area (Å²) in [5.74, 6) is 1.66. The molecular weight excluding hydrogens is 402 g/mol. The molecule has 0 unspecified atom stereocenters. The molecule has 1 atom stereocenters. The molecule has 2 aromatic carbocycles. The summed E-state index contributed by atoms with van der Waals surface area (Å²) in [7, 11) is 1.45. The van der Waals surface area contributed by atoms with Gasteiger partial charge in [-0.1, -0.05) is 55.4 Å². The molecule has 32 heavy (non-hydrogen) atoms. The summed E-state index contributed by atoms with van der Waals surface area (Å²) in [6.45, 7) is 6.57. The maximum atomic E-state index is 11.5. The molecule has 3 aromatic rings. The molecule has 1 aliphatic rings. The second-order valence-corrected chi connectivity index (χ2v) is 9.12. The molecule has 0 bridgehead atoms. The van der Waals surface area contributed by atoms with E-state index >= 15 is 0 Å². The van der Waals surface area contributed by atoms with Crippen molar-refractivity contribution in [3.8, 4) is 22.8 Å². The number of aromatic nitrogens is 2. The third-order valence-electron chi connectivity index (χ3n) is 6.10. The molecule has 1 saturated carbocycles. The number of nitrogens with one attached hydrogen (secondary N) is 1. The fraction of sp³-hybridized carbons (Fsp3) is 0.423. The third kappa shape index (κ3) is 5.07. The number of hydrogen-bond donors (Lipinski definition) is 1. The fourth-order valence-electron chi connectivity index (χ4n) is 4.20. The number of ether oxygens (including phenoxy) is 1. The van der Waals surface area contributed by atoms with Crippen LogP contribution in [-0.4, -0.2) is 29.3 Å². The van der Waals surface area contributed by atoms with Crippen LogP contribution >= 0.6 is 0 Å². The first-order valence-corrected chi connectivity index (χ1v) is 11.3. The lowest BCUT2D eigenvalue weighted by Gasteiger charge is -2.36. The first kappa shape index (κ1) is 22.2. The highest BCUT2D eigenvalue weighted by Gasteiger charge is 2.35. The molecule has 1 N–H and O–H groups in total. The summed E-state index contributed by atoms with van der Waals surface area (Å²) < 4.78 is 10.3. The van der Waals surface area contributed by atoms with Gasteiger partial charge >= 0.3 is 5.97 Å². The Hall–Kier alpha value is -2.99. The Balaban J connectivity index is 1.36. The average Bonchev–Trinajstić information content (AvgIpc) is 3.26. The van der Waals surface area contributed by atoms with Crippen LogP contribution in [0, 0.1) is 11.8 Å². The topological polar surface area (TPSA) is 77.2 Å². The van der Waals surface area contributed by atoms with E-state index in [1.165, 1.54) is 18.2 Å². The van der Waals surface area contributed by atoms with Crippen LogP contribution in [0.2, 0.25) is 0 Å². The highest BCUT2D eigenvalue weighted by molar-refractivity contribution is 5.73. The van der Waals surface area contributed by atoms with E-state index in [0.29, 0.717) is 23.7 Å². The fourth-order valence-corrected chi connectivity index (χ4v) is 4.20. The molecule has 0 spiro atoms. The minimum absolute atomic E-state index is 0.0333. The molecule has 0 saturated heterocycles. The molecule has 4 rings (SSSR count). The number of rotatable bonds is 8. The predicted octanol–water partition coefficient (Wildman–Crippen LogP) is 5.20. The van der Waals surface area contributed by atoms with E-state index in [-0.39, 0.29) is 17.9 Å². The summed E-state index contributed by atoms with van der Waals surface area (Å²) in [6.07, 6.45) is 2.72. The van der Waals surface area contributed by atoms with Gasteiger partial charge < -0.3 is 14.6 Å². The van der Waals surface area contributed by atoms with Crippen molar-refractivity contribution in [3.05, 3.63) is 59.7 Å². The van der Waals surface area contributed by atoms with Gasteiger partial charge in [0.25, 0.3) is 5.89 Å². The van der Waals surface area contributed by atoms with E-state index in [1.807, 2.05) is 24.3 Å². The lowest BCUT2D eigenvalue weighted by molar-refractivity contribution is -0.149. The van der Waals surface area contributed by atoms with Gasteiger partial charge in [0.05, 0.1) is 13.0 Å². The normalized spacial score (nSPS) is 18.9. The second-order valence-electron chi connectivity index (χ2n) is 9.12. The highest BCUT2D eigenvalue weighted by atomic mass is 16.5. The predicted molar refractivity (Wildman–Crippen MR) is 124 cm³/mol. The Morgan fingerprint density at radius 3 is 2.34 bits per heavy atom. The van der Waals surface area contributed by atoms with Crippen LogP contribution in [-0.2, 0) is 16.0 Å². The lowest BCUT2D eigenvalue weighted by atomic mass is 9.80. The van der Waals surface area contributed by atoms with Crippen molar-refractivity contribution in [2.45, 2.75) is 52.1 Å². The van der Waals surface area contributed by atoms with Crippen LogP contribution in [0.4, 0.5) is 0 Å². The van der Waals surface area contributed by atoms with Crippen LogP contribution in [0.25, 0.3) is 22.8 Å². The summed E-state index contributed by atoms with van der Waals surface area (Å²) in [5.41, 5.74) is 4.34. The smallest absolute Gasteiger partial charge is 0.308 e. The Labute approximate surface area is 189 Å². The quantitative estimate of drug-likeness (QED) is 0.492. The average molecular weight is 434 g/mol. The molecule has 0 aliphatic heterocycles. The largest absolute Gasteiger partial charge is 0.469 e. The zero-order valence-corrected chi connectivity index (χ0v) is 19.2. The zero-order chi connectivity index (χ0) is 22.7. The van der Waals surface area contributed by atoms with Crippen molar-refractivity contribution in [3.63, 3.8) is 0 Å². The summed E-state index contributed by atoms with van der Waals surface area (Å²) in [6, 6.07) is 17.1. The number of nitrogens with zero attached hydrogens (tertiary/aromatic N) is 2. The van der Waals surface area contributed by atoms with Crippen molar-refractivity contribution in [1.82, 2.24) is 15.5 Å². The van der Waals surface area contributed by atoms with Gasteiger partial charge in [0.2, 0.25) is 5.82 Å². The Morgan fingerprint density at radius 1 is 1.06 bits per heavy atom. The molecule has 168 valence electrons. The summed E-state index contributed by atoms with van der Waals surface area (Å²) >= 11 is 0. The summed E-state index contributed by atoms with van der Waals surface area (Å²) in [5, 5.41) is 7.75. The Bertz CT molecular complexity index is 1030. The van der Waals surface area contributed by atoms with Crippen molar-refractivity contribution in [2.24, 2.45) is 11.8 Å². The van der Waals surface area contributed by atoms with Crippen LogP contribution in [0.1, 0.15) is 50.8 Å². The van der Waals surface area contributed by atoms with Crippen molar-refractivity contribution in [1.29, 1.82) is 0 Å². The number of methoxy groups -OCH3 is 1. The van der Waals surface area contributed by atoms with Gasteiger partial charge in [0.15, 0.2) is 0 Å². The number of carbonyl (C=O) groups excluding carboxylic acids is 1. The minimum atomic E-state index is -0.106. The number of esters is 1. The molecular formula is C26H31N3O3. The highest BCUT2D eigenvalue weighted by Crippen LogP contribution is 2.31. The maximum Gasteiger partial charge on any atom is 0.308 e.